The maximum Gasteiger partial charge on any atom is 0.338 e. The topological polar surface area (TPSA) is 233 Å². The molecule has 8 N–H and O–H groups in total. The van der Waals surface area contributed by atoms with Gasteiger partial charge in [0.15, 0.2) is 6.29 Å². The molecule has 14 nitrogen and oxygen atoms in total. The number of aliphatic hydroxyl groups is 4. The number of fused-ring (bicyclic) bond motifs is 2. The van der Waals surface area contributed by atoms with Gasteiger partial charge in [0.05, 0.1) is 12.0 Å². The Labute approximate surface area is 250 Å². The van der Waals surface area contributed by atoms with E-state index in [1.54, 1.807) is 13.8 Å². The molecule has 44 heavy (non-hydrogen) atoms. The molecule has 0 saturated carbocycles. The molecule has 0 aromatic heterocycles. The SMILES string of the molecule is Cc1c(O)cc2c(C)c1OC(=O)C[C@@H](c1cc(O)ccc1O)O2.O=C(OC[C@H]1O[C@@H](O)[C@H](O)[C@@H](O)[C@@H]1O)c1ccc(O)cc1. The molecular weight excluding hydrogens is 584 g/mol. The van der Waals surface area contributed by atoms with Gasteiger partial charge in [0.2, 0.25) is 0 Å². The zero-order valence-electron chi connectivity index (χ0n) is 23.5. The molecule has 2 heterocycles. The average Bonchev–Trinajstić information content (AvgIpc) is 2.99. The molecule has 0 aliphatic carbocycles. The van der Waals surface area contributed by atoms with Gasteiger partial charge in [0.25, 0.3) is 0 Å². The van der Waals surface area contributed by atoms with E-state index in [2.05, 4.69) is 0 Å². The molecule has 3 aromatic rings. The van der Waals surface area contributed by atoms with Gasteiger partial charge in [-0.15, -0.1) is 0 Å². The highest BCUT2D eigenvalue weighted by Gasteiger charge is 2.43. The lowest BCUT2D eigenvalue weighted by molar-refractivity contribution is -0.286. The second-order valence-electron chi connectivity index (χ2n) is 10.2. The average molecular weight is 617 g/mol. The number of phenols is 4. The van der Waals surface area contributed by atoms with Gasteiger partial charge in [0.1, 0.15) is 71.6 Å². The Morgan fingerprint density at radius 3 is 2.18 bits per heavy atom. The van der Waals surface area contributed by atoms with Gasteiger partial charge >= 0.3 is 11.9 Å². The number of carbonyl (C=O) groups excluding carboxylic acids is 2. The Kier molecular flexibility index (Phi) is 9.81. The third kappa shape index (κ3) is 7.12. The molecule has 14 heteroatoms. The number of aliphatic hydroxyl groups excluding tert-OH is 4. The lowest BCUT2D eigenvalue weighted by Crippen LogP contribution is -2.58. The summed E-state index contributed by atoms with van der Waals surface area (Å²) in [4.78, 5) is 23.8. The zero-order valence-corrected chi connectivity index (χ0v) is 23.5. The lowest BCUT2D eigenvalue weighted by Gasteiger charge is -2.37. The number of hydrogen-bond donors (Lipinski definition) is 8. The van der Waals surface area contributed by atoms with Crippen LogP contribution in [0.1, 0.15) is 39.6 Å². The molecule has 0 radical (unpaired) electrons. The molecule has 2 bridgehead atoms. The number of aromatic hydroxyl groups is 4. The summed E-state index contributed by atoms with van der Waals surface area (Å²) in [5.74, 6) is -0.851. The van der Waals surface area contributed by atoms with Crippen LogP contribution in [0.4, 0.5) is 0 Å². The van der Waals surface area contributed by atoms with E-state index in [4.69, 9.17) is 24.1 Å². The number of rotatable bonds is 4. The quantitative estimate of drug-likeness (QED) is 0.117. The lowest BCUT2D eigenvalue weighted by atomic mass is 9.99. The Balaban J connectivity index is 0.000000202. The van der Waals surface area contributed by atoms with Crippen molar-refractivity contribution in [1.82, 2.24) is 0 Å². The first-order chi connectivity index (χ1) is 20.8. The monoisotopic (exact) mass is 616 g/mol. The van der Waals surface area contributed by atoms with E-state index in [0.717, 1.165) is 0 Å². The number of phenolic OH excluding ortho intramolecular Hbond substituents is 4. The highest BCUT2D eigenvalue weighted by molar-refractivity contribution is 5.89. The van der Waals surface area contributed by atoms with Crippen molar-refractivity contribution in [2.24, 2.45) is 0 Å². The largest absolute Gasteiger partial charge is 0.508 e. The van der Waals surface area contributed by atoms with Gasteiger partial charge in [-0.2, -0.15) is 0 Å². The Hall–Kier alpha value is -4.60. The summed E-state index contributed by atoms with van der Waals surface area (Å²) in [5.41, 5.74) is 1.49. The highest BCUT2D eigenvalue weighted by atomic mass is 16.7. The number of hydrogen-bond acceptors (Lipinski definition) is 14. The fourth-order valence-corrected chi connectivity index (χ4v) is 4.51. The third-order valence-corrected chi connectivity index (χ3v) is 7.07. The van der Waals surface area contributed by atoms with Crippen molar-refractivity contribution in [3.8, 4) is 34.5 Å². The molecular formula is C30H32O14. The van der Waals surface area contributed by atoms with E-state index in [9.17, 15) is 45.3 Å². The summed E-state index contributed by atoms with van der Waals surface area (Å²) in [6.07, 6.45) is -8.57. The molecule has 6 atom stereocenters. The van der Waals surface area contributed by atoms with Gasteiger partial charge in [-0.05, 0) is 56.3 Å². The molecule has 2 aliphatic rings. The number of ether oxygens (including phenoxy) is 4. The maximum absolute atomic E-state index is 12.1. The first-order valence-electron chi connectivity index (χ1n) is 13.3. The molecule has 0 spiro atoms. The standard InChI is InChI=1S/C17H16O6.C13H16O8/c1-8-13(20)6-14-9(2)17(8)23-16(21)7-15(22-14)11-5-10(18)3-4-12(11)19;14-7-3-1-6(2-4-7)12(18)20-5-8-9(15)10(16)11(17)13(19)21-8/h3-6,15,18-20H,7H2,1-2H3;1-4,8-11,13-17,19H,5H2/t15-;8-,9-,10+,11-,13-/m01/s1. The van der Waals surface area contributed by atoms with Crippen molar-refractivity contribution in [3.05, 3.63) is 70.8 Å². The predicted octanol–water partition coefficient (Wildman–Crippen LogP) is 1.20. The smallest absolute Gasteiger partial charge is 0.338 e. The van der Waals surface area contributed by atoms with Crippen LogP contribution >= 0.6 is 0 Å². The molecule has 3 aromatic carbocycles. The predicted molar refractivity (Wildman–Crippen MR) is 148 cm³/mol. The van der Waals surface area contributed by atoms with E-state index in [-0.39, 0.29) is 46.3 Å². The third-order valence-electron chi connectivity index (χ3n) is 7.07. The van der Waals surface area contributed by atoms with Gasteiger partial charge in [-0.3, -0.25) is 4.79 Å². The van der Waals surface area contributed by atoms with Gasteiger partial charge in [0, 0.05) is 22.8 Å². The second-order valence-corrected chi connectivity index (χ2v) is 10.2. The molecule has 2 aliphatic heterocycles. The fraction of sp³-hybridized carbons (Fsp3) is 0.333. The minimum absolute atomic E-state index is 0.00202. The zero-order chi connectivity index (χ0) is 32.3. The first-order valence-corrected chi connectivity index (χ1v) is 13.3. The highest BCUT2D eigenvalue weighted by Crippen LogP contribution is 2.43. The van der Waals surface area contributed by atoms with Crippen LogP contribution in [0.5, 0.6) is 34.5 Å². The minimum Gasteiger partial charge on any atom is -0.508 e. The van der Waals surface area contributed by atoms with Crippen LogP contribution in [0.15, 0.2) is 48.5 Å². The van der Waals surface area contributed by atoms with Gasteiger partial charge < -0.3 is 59.8 Å². The fourth-order valence-electron chi connectivity index (χ4n) is 4.51. The minimum atomic E-state index is -1.68. The molecule has 0 unspecified atom stereocenters. The molecule has 236 valence electrons. The van der Waals surface area contributed by atoms with Crippen molar-refractivity contribution >= 4 is 11.9 Å². The summed E-state index contributed by atoms with van der Waals surface area (Å²) in [5, 5.41) is 76.5. The maximum atomic E-state index is 12.1. The Morgan fingerprint density at radius 1 is 0.841 bits per heavy atom. The molecule has 5 rings (SSSR count). The van der Waals surface area contributed by atoms with E-state index in [1.807, 2.05) is 0 Å². The number of benzene rings is 3. The van der Waals surface area contributed by atoms with Crippen molar-refractivity contribution in [1.29, 1.82) is 0 Å². The Morgan fingerprint density at radius 2 is 1.50 bits per heavy atom. The number of carbonyl (C=O) groups is 2. The summed E-state index contributed by atoms with van der Waals surface area (Å²) in [6.45, 7) is 2.95. The van der Waals surface area contributed by atoms with Crippen molar-refractivity contribution in [2.75, 3.05) is 6.61 Å². The van der Waals surface area contributed by atoms with E-state index < -0.39 is 55.4 Å². The van der Waals surface area contributed by atoms with E-state index in [0.29, 0.717) is 16.9 Å². The van der Waals surface area contributed by atoms with Crippen molar-refractivity contribution in [3.63, 3.8) is 0 Å². The van der Waals surface area contributed by atoms with Gasteiger partial charge in [-0.1, -0.05) is 0 Å². The second kappa shape index (κ2) is 13.4. The van der Waals surface area contributed by atoms with Crippen LogP contribution in [0.25, 0.3) is 0 Å². The van der Waals surface area contributed by atoms with Crippen LogP contribution in [-0.2, 0) is 14.3 Å². The molecule has 1 fully saturated rings. The van der Waals surface area contributed by atoms with Crippen LogP contribution in [0.2, 0.25) is 0 Å². The summed E-state index contributed by atoms with van der Waals surface area (Å²) >= 11 is 0. The Bertz CT molecular complexity index is 1500. The van der Waals surface area contributed by atoms with Crippen LogP contribution in [-0.4, -0.2) is 90.1 Å². The van der Waals surface area contributed by atoms with Crippen molar-refractivity contribution < 1.29 is 69.4 Å². The van der Waals surface area contributed by atoms with Crippen molar-refractivity contribution in [2.45, 2.75) is 57.1 Å². The summed E-state index contributed by atoms with van der Waals surface area (Å²) < 4.78 is 20.9. The molecule has 1 saturated heterocycles. The molecule has 0 amide bonds. The van der Waals surface area contributed by atoms with E-state index in [1.165, 1.54) is 48.5 Å². The van der Waals surface area contributed by atoms with E-state index >= 15 is 0 Å². The van der Waals surface area contributed by atoms with Crippen LogP contribution in [0, 0.1) is 13.8 Å². The first kappa shape index (κ1) is 32.3. The van der Waals surface area contributed by atoms with Crippen LogP contribution < -0.4 is 9.47 Å². The van der Waals surface area contributed by atoms with Crippen LogP contribution in [0.3, 0.4) is 0 Å². The summed E-state index contributed by atoms with van der Waals surface area (Å²) in [7, 11) is 0. The summed E-state index contributed by atoms with van der Waals surface area (Å²) in [6, 6.07) is 10.8. The normalized spacial score (nSPS) is 24.5. The number of esters is 2. The van der Waals surface area contributed by atoms with Gasteiger partial charge in [-0.25, -0.2) is 4.79 Å².